The highest BCUT2D eigenvalue weighted by Crippen LogP contribution is 1.39. The summed E-state index contributed by atoms with van der Waals surface area (Å²) in [6, 6.07) is 0. The van der Waals surface area contributed by atoms with E-state index in [0.29, 0.717) is 0 Å². The number of rotatable bonds is 1. The van der Waals surface area contributed by atoms with E-state index in [1.165, 1.54) is 10.1 Å². The predicted molar refractivity (Wildman–Crippen MR) is 24.1 cm³/mol. The lowest BCUT2D eigenvalue weighted by Gasteiger charge is -1.73. The van der Waals surface area contributed by atoms with Crippen molar-refractivity contribution in [3.05, 3.63) is 0 Å². The van der Waals surface area contributed by atoms with Crippen molar-refractivity contribution in [3.8, 4) is 0 Å². The Bertz CT molecular complexity index is 10.0. The van der Waals surface area contributed by atoms with E-state index < -0.39 is 0 Å². The maximum atomic E-state index is 4.60. The van der Waals surface area contributed by atoms with Crippen molar-refractivity contribution in [2.45, 2.75) is 0 Å². The molecule has 0 N–H and O–H groups in total. The molecule has 0 aliphatic rings. The van der Waals surface area contributed by atoms with Crippen LogP contribution in [0, 0.1) is 0 Å². The van der Waals surface area contributed by atoms with Crippen LogP contribution in [0.2, 0.25) is 0 Å². The fraction of sp³-hybridized carbons (Fsp3) is 1.00. The number of hydrogen-bond acceptors (Lipinski definition) is 1. The van der Waals surface area contributed by atoms with E-state index in [2.05, 4.69) is 4.65 Å². The molecule has 0 saturated carbocycles. The molecule has 3 heteroatoms. The molecule has 0 aliphatic carbocycles. The Labute approximate surface area is 30.0 Å². The van der Waals surface area contributed by atoms with Gasteiger partial charge in [0.15, 0.2) is 0 Å². The minimum atomic E-state index is 0.958. The molecule has 0 heterocycles. The summed E-state index contributed by atoms with van der Waals surface area (Å²) >= 11 is 0. The lowest BCUT2D eigenvalue weighted by molar-refractivity contribution is 0.454. The zero-order chi connectivity index (χ0) is 3.41. The Morgan fingerprint density at radius 1 is 2.00 bits per heavy atom. The predicted octanol–water partition coefficient (Wildman–Crippen LogP) is -1.74. The van der Waals surface area contributed by atoms with E-state index in [0.717, 1.165) is 7.07 Å². The highest BCUT2D eigenvalue weighted by atomic mass is 28.1. The van der Waals surface area contributed by atoms with Crippen LogP contribution in [0.4, 0.5) is 0 Å². The van der Waals surface area contributed by atoms with Crippen LogP contribution in [0.1, 0.15) is 0 Å². The molecule has 0 aromatic heterocycles. The zero-order valence-electron chi connectivity index (χ0n) is 3.12. The van der Waals surface area contributed by atoms with Crippen LogP contribution in [0.3, 0.4) is 0 Å². The summed E-state index contributed by atoms with van der Waals surface area (Å²) in [5.41, 5.74) is 0. The molecule has 0 saturated heterocycles. The minimum Gasteiger partial charge on any atom is -0.447 e. The summed E-state index contributed by atoms with van der Waals surface area (Å²) < 4.78 is 4.60. The molecule has 0 fully saturated rings. The molecule has 0 aromatic carbocycles. The van der Waals surface area contributed by atoms with Crippen molar-refractivity contribution in [2.75, 3.05) is 7.11 Å². The van der Waals surface area contributed by atoms with Crippen LogP contribution >= 0.6 is 0 Å². The molecular formula is CH7BOSi. The Balaban J connectivity index is 1.97. The van der Waals surface area contributed by atoms with Crippen LogP contribution in [-0.2, 0) is 4.65 Å². The maximum absolute atomic E-state index is 4.60. The largest absolute Gasteiger partial charge is 0.447 e. The quantitative estimate of drug-likeness (QED) is 0.336. The Kier molecular flexibility index (Phi) is 3.44. The standard InChI is InChI=1S/CH7BOSi/c1-3-2-4/h2H,1,4H3. The third kappa shape index (κ3) is 2.24. The first-order chi connectivity index (χ1) is 1.91. The van der Waals surface area contributed by atoms with E-state index >= 15 is 0 Å². The average Bonchev–Trinajstić information content (AvgIpc) is 1.37. The van der Waals surface area contributed by atoms with Crippen LogP contribution in [0.15, 0.2) is 0 Å². The van der Waals surface area contributed by atoms with Crippen LogP contribution in [-0.4, -0.2) is 24.3 Å². The lowest BCUT2D eigenvalue weighted by Crippen LogP contribution is -1.88. The van der Waals surface area contributed by atoms with E-state index in [1.807, 2.05) is 0 Å². The van der Waals surface area contributed by atoms with Crippen molar-refractivity contribution in [3.63, 3.8) is 0 Å². The topological polar surface area (TPSA) is 9.23 Å². The first kappa shape index (κ1) is 4.24. The van der Waals surface area contributed by atoms with Gasteiger partial charge in [-0.3, -0.25) is 0 Å². The highest BCUT2D eigenvalue weighted by molar-refractivity contribution is 6.85. The van der Waals surface area contributed by atoms with Crippen LogP contribution in [0.5, 0.6) is 0 Å². The fourth-order valence-corrected chi connectivity index (χ4v) is 0. The van der Waals surface area contributed by atoms with Crippen molar-refractivity contribution >= 4 is 17.2 Å². The SMILES string of the molecule is COB[SiH3]. The molecule has 0 unspecified atom stereocenters. The van der Waals surface area contributed by atoms with Crippen molar-refractivity contribution in [1.82, 2.24) is 0 Å². The first-order valence-corrected chi connectivity index (χ1v) is 2.82. The van der Waals surface area contributed by atoms with Crippen molar-refractivity contribution in [1.29, 1.82) is 0 Å². The molecule has 1 nitrogen and oxygen atoms in total. The van der Waals surface area contributed by atoms with Gasteiger partial charge in [0, 0.05) is 17.2 Å². The van der Waals surface area contributed by atoms with Gasteiger partial charge in [0.2, 0.25) is 0 Å². The third-order valence-corrected chi connectivity index (χ3v) is 0.866. The Morgan fingerprint density at radius 2 is 2.25 bits per heavy atom. The summed E-state index contributed by atoms with van der Waals surface area (Å²) in [6.07, 6.45) is 0. The van der Waals surface area contributed by atoms with E-state index in [4.69, 9.17) is 0 Å². The summed E-state index contributed by atoms with van der Waals surface area (Å²) in [6.45, 7) is 0. The summed E-state index contributed by atoms with van der Waals surface area (Å²) in [5.74, 6) is 0. The Morgan fingerprint density at radius 3 is 2.25 bits per heavy atom. The van der Waals surface area contributed by atoms with E-state index in [1.54, 1.807) is 7.11 Å². The maximum Gasteiger partial charge on any atom is 0.250 e. The fourth-order valence-electron chi connectivity index (χ4n) is 0. The highest BCUT2D eigenvalue weighted by Gasteiger charge is 1.59. The van der Waals surface area contributed by atoms with Gasteiger partial charge in [-0.15, -0.1) is 0 Å². The molecule has 0 rings (SSSR count). The van der Waals surface area contributed by atoms with Crippen LogP contribution < -0.4 is 0 Å². The minimum absolute atomic E-state index is 0.958. The average molecular weight is 74.0 g/mol. The van der Waals surface area contributed by atoms with E-state index in [9.17, 15) is 0 Å². The Hall–Kier alpha value is 0.242. The second-order valence-electron chi connectivity index (χ2n) is 0.577. The van der Waals surface area contributed by atoms with Gasteiger partial charge >= 0.3 is 0 Å². The molecule has 0 spiro atoms. The molecule has 0 aromatic rings. The molecule has 0 atom stereocenters. The van der Waals surface area contributed by atoms with Gasteiger partial charge in [-0.2, -0.15) is 0 Å². The molecular weight excluding hydrogens is 66.9 g/mol. The normalized spacial score (nSPS) is 7.25. The second kappa shape index (κ2) is 3.24. The van der Waals surface area contributed by atoms with Gasteiger partial charge in [0.1, 0.15) is 0 Å². The summed E-state index contributed by atoms with van der Waals surface area (Å²) in [5, 5.41) is 0. The van der Waals surface area contributed by atoms with Gasteiger partial charge in [-0.1, -0.05) is 0 Å². The van der Waals surface area contributed by atoms with Gasteiger partial charge < -0.3 is 4.65 Å². The molecule has 0 bridgehead atoms. The van der Waals surface area contributed by atoms with Gasteiger partial charge in [-0.25, -0.2) is 0 Å². The molecule has 0 radical (unpaired) electrons. The van der Waals surface area contributed by atoms with E-state index in [-0.39, 0.29) is 0 Å². The molecule has 4 heavy (non-hydrogen) atoms. The van der Waals surface area contributed by atoms with Crippen LogP contribution in [0.25, 0.3) is 0 Å². The lowest BCUT2D eigenvalue weighted by atomic mass is 10.5. The zero-order valence-corrected chi connectivity index (χ0v) is 5.12. The smallest absolute Gasteiger partial charge is 0.250 e. The summed E-state index contributed by atoms with van der Waals surface area (Å²) in [4.78, 5) is 0. The van der Waals surface area contributed by atoms with Gasteiger partial charge in [0.05, 0.1) is 0 Å². The second-order valence-corrected chi connectivity index (χ2v) is 1.15. The summed E-state index contributed by atoms with van der Waals surface area (Å²) in [7, 11) is 3.84. The molecule has 24 valence electrons. The first-order valence-electron chi connectivity index (χ1n) is 1.40. The monoisotopic (exact) mass is 74.0 g/mol. The van der Waals surface area contributed by atoms with Crippen molar-refractivity contribution < 1.29 is 4.65 Å². The number of hydrogen-bond donors (Lipinski definition) is 0. The van der Waals surface area contributed by atoms with Crippen molar-refractivity contribution in [2.24, 2.45) is 0 Å². The third-order valence-electron chi connectivity index (χ3n) is 0.289. The van der Waals surface area contributed by atoms with Gasteiger partial charge in [-0.05, 0) is 0 Å². The molecule has 0 aliphatic heterocycles. The van der Waals surface area contributed by atoms with Gasteiger partial charge in [0.25, 0.3) is 7.07 Å². The molecule has 0 amide bonds.